The largest absolute Gasteiger partial charge is 0.399 e. The number of rotatable bonds is 3. The van der Waals surface area contributed by atoms with Crippen LogP contribution in [0.2, 0.25) is 0 Å². The zero-order chi connectivity index (χ0) is 11.9. The zero-order valence-corrected chi connectivity index (χ0v) is 9.59. The lowest BCUT2D eigenvalue weighted by Gasteiger charge is -2.07. The maximum absolute atomic E-state index is 13.4. The van der Waals surface area contributed by atoms with Crippen LogP contribution in [0.3, 0.4) is 0 Å². The highest BCUT2D eigenvalue weighted by atomic mass is 32.2. The van der Waals surface area contributed by atoms with E-state index in [-0.39, 0.29) is 16.6 Å². The van der Waals surface area contributed by atoms with Crippen molar-refractivity contribution in [3.05, 3.63) is 24.0 Å². The average molecular weight is 244 g/mol. The van der Waals surface area contributed by atoms with Crippen molar-refractivity contribution in [1.29, 1.82) is 0 Å². The van der Waals surface area contributed by atoms with E-state index in [4.69, 9.17) is 5.73 Å². The molecule has 4 nitrogen and oxygen atoms in total. The Bertz CT molecular complexity index is 516. The van der Waals surface area contributed by atoms with Crippen LogP contribution < -0.4 is 10.5 Å². The lowest BCUT2D eigenvalue weighted by molar-refractivity contribution is 0.555. The molecule has 1 saturated carbocycles. The molecule has 88 valence electrons. The number of hydrogen-bond donors (Lipinski definition) is 2. The molecule has 2 unspecified atom stereocenters. The topological polar surface area (TPSA) is 72.2 Å². The van der Waals surface area contributed by atoms with Crippen LogP contribution in [0.5, 0.6) is 0 Å². The van der Waals surface area contributed by atoms with Crippen LogP contribution in [0, 0.1) is 11.7 Å². The highest BCUT2D eigenvalue weighted by Crippen LogP contribution is 2.31. The number of nitrogen functional groups attached to an aromatic ring is 1. The summed E-state index contributed by atoms with van der Waals surface area (Å²) in [6.07, 6.45) is 0.795. The highest BCUT2D eigenvalue weighted by molar-refractivity contribution is 7.89. The van der Waals surface area contributed by atoms with Crippen molar-refractivity contribution in [2.24, 2.45) is 5.92 Å². The van der Waals surface area contributed by atoms with Crippen LogP contribution in [0.25, 0.3) is 0 Å². The molecule has 1 aliphatic rings. The highest BCUT2D eigenvalue weighted by Gasteiger charge is 2.37. The van der Waals surface area contributed by atoms with Gasteiger partial charge in [0.1, 0.15) is 10.7 Å². The van der Waals surface area contributed by atoms with Gasteiger partial charge in [0, 0.05) is 11.7 Å². The summed E-state index contributed by atoms with van der Waals surface area (Å²) in [6.45, 7) is 1.93. The molecule has 1 aliphatic carbocycles. The van der Waals surface area contributed by atoms with Crippen molar-refractivity contribution in [2.75, 3.05) is 5.73 Å². The normalized spacial score (nSPS) is 24.4. The number of benzene rings is 1. The molecule has 1 aromatic carbocycles. The average Bonchev–Trinajstić information content (AvgIpc) is 2.85. The first-order valence-electron chi connectivity index (χ1n) is 4.97. The smallest absolute Gasteiger partial charge is 0.243 e. The third-order valence-corrected chi connectivity index (χ3v) is 4.17. The van der Waals surface area contributed by atoms with Gasteiger partial charge in [0.25, 0.3) is 0 Å². The van der Waals surface area contributed by atoms with Gasteiger partial charge in [-0.2, -0.15) is 0 Å². The molecule has 0 heterocycles. The van der Waals surface area contributed by atoms with Gasteiger partial charge in [0.05, 0.1) is 0 Å². The van der Waals surface area contributed by atoms with E-state index in [0.717, 1.165) is 18.6 Å². The number of nitrogens with two attached hydrogens (primary N) is 1. The van der Waals surface area contributed by atoms with Gasteiger partial charge in [-0.15, -0.1) is 0 Å². The fourth-order valence-corrected chi connectivity index (χ4v) is 2.94. The predicted octanol–water partition coefficient (Wildman–Crippen LogP) is 1.09. The van der Waals surface area contributed by atoms with Crippen molar-refractivity contribution in [2.45, 2.75) is 24.3 Å². The van der Waals surface area contributed by atoms with Gasteiger partial charge in [-0.05, 0) is 30.5 Å². The molecule has 1 aromatic rings. The summed E-state index contributed by atoms with van der Waals surface area (Å²) >= 11 is 0. The second-order valence-electron chi connectivity index (χ2n) is 4.13. The van der Waals surface area contributed by atoms with Gasteiger partial charge in [-0.1, -0.05) is 6.92 Å². The molecule has 2 rings (SSSR count). The molecule has 0 bridgehead atoms. The lowest BCUT2D eigenvalue weighted by atomic mass is 10.3. The van der Waals surface area contributed by atoms with Gasteiger partial charge in [-0.3, -0.25) is 0 Å². The lowest BCUT2D eigenvalue weighted by Crippen LogP contribution is -2.27. The monoisotopic (exact) mass is 244 g/mol. The number of hydrogen-bond acceptors (Lipinski definition) is 3. The van der Waals surface area contributed by atoms with Gasteiger partial charge < -0.3 is 5.73 Å². The second kappa shape index (κ2) is 3.71. The maximum Gasteiger partial charge on any atom is 0.243 e. The van der Waals surface area contributed by atoms with Crippen LogP contribution in [-0.4, -0.2) is 14.5 Å². The molecular weight excluding hydrogens is 231 g/mol. The van der Waals surface area contributed by atoms with Crippen molar-refractivity contribution >= 4 is 15.7 Å². The Balaban J connectivity index is 2.31. The van der Waals surface area contributed by atoms with E-state index in [9.17, 15) is 12.8 Å². The van der Waals surface area contributed by atoms with Gasteiger partial charge in [0.15, 0.2) is 0 Å². The zero-order valence-electron chi connectivity index (χ0n) is 8.77. The number of nitrogens with one attached hydrogen (secondary N) is 1. The first kappa shape index (κ1) is 11.3. The minimum Gasteiger partial charge on any atom is -0.399 e. The Labute approximate surface area is 93.7 Å². The SMILES string of the molecule is CC1CC1NS(=O)(=O)c1cc(N)ccc1F. The Hall–Kier alpha value is -1.14. The van der Waals surface area contributed by atoms with Crippen molar-refractivity contribution in [1.82, 2.24) is 4.72 Å². The Morgan fingerprint density at radius 2 is 2.12 bits per heavy atom. The second-order valence-corrected chi connectivity index (χ2v) is 5.81. The molecule has 0 aromatic heterocycles. The quantitative estimate of drug-likeness (QED) is 0.782. The van der Waals surface area contributed by atoms with E-state index >= 15 is 0 Å². The maximum atomic E-state index is 13.4. The summed E-state index contributed by atoms with van der Waals surface area (Å²) in [5.74, 6) is -0.464. The Morgan fingerprint density at radius 1 is 1.50 bits per heavy atom. The number of sulfonamides is 1. The third kappa shape index (κ3) is 2.17. The van der Waals surface area contributed by atoms with Crippen molar-refractivity contribution in [3.8, 4) is 0 Å². The van der Waals surface area contributed by atoms with E-state index in [0.29, 0.717) is 5.92 Å². The van der Waals surface area contributed by atoms with Gasteiger partial charge >= 0.3 is 0 Å². The van der Waals surface area contributed by atoms with Crippen LogP contribution >= 0.6 is 0 Å². The standard InChI is InChI=1S/C10H13FN2O2S/c1-6-4-9(6)13-16(14,15)10-5-7(12)2-3-8(10)11/h2-3,5-6,9,13H,4,12H2,1H3. The van der Waals surface area contributed by atoms with E-state index < -0.39 is 15.8 Å². The fourth-order valence-electron chi connectivity index (χ4n) is 1.47. The van der Waals surface area contributed by atoms with Crippen molar-refractivity contribution in [3.63, 3.8) is 0 Å². The molecule has 16 heavy (non-hydrogen) atoms. The van der Waals surface area contributed by atoms with E-state index in [1.165, 1.54) is 6.07 Å². The van der Waals surface area contributed by atoms with Crippen LogP contribution in [0.15, 0.2) is 23.1 Å². The minimum absolute atomic E-state index is 0.0779. The van der Waals surface area contributed by atoms with Gasteiger partial charge in [-0.25, -0.2) is 17.5 Å². The van der Waals surface area contributed by atoms with E-state index in [1.807, 2.05) is 6.92 Å². The molecule has 2 atom stereocenters. The first-order chi connectivity index (χ1) is 7.40. The summed E-state index contributed by atoms with van der Waals surface area (Å²) in [5, 5.41) is 0. The Kier molecular flexibility index (Phi) is 2.63. The molecule has 6 heteroatoms. The van der Waals surface area contributed by atoms with E-state index in [1.54, 1.807) is 0 Å². The predicted molar refractivity (Wildman–Crippen MR) is 58.7 cm³/mol. The molecular formula is C10H13FN2O2S. The van der Waals surface area contributed by atoms with Gasteiger partial charge in [0.2, 0.25) is 10.0 Å². The molecule has 0 aliphatic heterocycles. The summed E-state index contributed by atoms with van der Waals surface area (Å²) < 4.78 is 39.4. The van der Waals surface area contributed by atoms with Crippen LogP contribution in [0.1, 0.15) is 13.3 Å². The third-order valence-electron chi connectivity index (χ3n) is 2.66. The molecule has 1 fully saturated rings. The molecule has 3 N–H and O–H groups in total. The Morgan fingerprint density at radius 3 is 2.69 bits per heavy atom. The van der Waals surface area contributed by atoms with E-state index in [2.05, 4.69) is 4.72 Å². The molecule has 0 saturated heterocycles. The summed E-state index contributed by atoms with van der Waals surface area (Å²) in [4.78, 5) is -0.383. The first-order valence-corrected chi connectivity index (χ1v) is 6.46. The fraction of sp³-hybridized carbons (Fsp3) is 0.400. The van der Waals surface area contributed by atoms with Crippen LogP contribution in [0.4, 0.5) is 10.1 Å². The molecule has 0 radical (unpaired) electrons. The van der Waals surface area contributed by atoms with Crippen molar-refractivity contribution < 1.29 is 12.8 Å². The number of anilines is 1. The summed E-state index contributed by atoms with van der Waals surface area (Å²) in [6, 6.07) is 3.44. The van der Waals surface area contributed by atoms with Crippen LogP contribution in [-0.2, 0) is 10.0 Å². The summed E-state index contributed by atoms with van der Waals surface area (Å²) in [5.41, 5.74) is 5.67. The number of halogens is 1. The molecule has 0 amide bonds. The summed E-state index contributed by atoms with van der Waals surface area (Å²) in [7, 11) is -3.79. The minimum atomic E-state index is -3.79. The molecule has 0 spiro atoms.